The molecule has 1 saturated heterocycles. The third kappa shape index (κ3) is 4.35. The number of methoxy groups -OCH3 is 1. The Bertz CT molecular complexity index is 1510. The van der Waals surface area contributed by atoms with E-state index in [1.165, 1.54) is 18.9 Å². The number of hydrogen-bond acceptors (Lipinski definition) is 5. The molecule has 2 aliphatic rings. The van der Waals surface area contributed by atoms with E-state index >= 15 is 0 Å². The predicted molar refractivity (Wildman–Crippen MR) is 142 cm³/mol. The van der Waals surface area contributed by atoms with Gasteiger partial charge in [-0.3, -0.25) is 9.59 Å². The number of imidazole rings is 1. The van der Waals surface area contributed by atoms with Gasteiger partial charge in [-0.05, 0) is 44.0 Å². The topological polar surface area (TPSA) is 107 Å². The number of carbonyl (C=O) groups is 2. The molecule has 0 radical (unpaired) electrons. The van der Waals surface area contributed by atoms with Crippen molar-refractivity contribution >= 4 is 28.7 Å². The number of hydrogen-bond donors (Lipinski definition) is 2. The standard InChI is InChI=1S/C28H30N6O3/c1-5-25(35)32-15-21(13-22(32)16-37-4)33-14-19(26(27(29)36)28(33)30-3)8-6-18-7-11-24-23(12-18)31-17(2)34(24)20-9-10-20/h5,7,11-12,14,16,20-21,30H,1,9-10,13,15H2,2-4H3,(H2,29,36)/b22-16+/t21-/m0/s1. The van der Waals surface area contributed by atoms with Gasteiger partial charge in [0.2, 0.25) is 5.91 Å². The first-order valence-electron chi connectivity index (χ1n) is 12.2. The molecule has 1 atom stereocenters. The Morgan fingerprint density at radius 2 is 2.05 bits per heavy atom. The number of aryl methyl sites for hydroxylation is 1. The van der Waals surface area contributed by atoms with Crippen molar-refractivity contribution in [3.05, 3.63) is 71.5 Å². The highest BCUT2D eigenvalue weighted by molar-refractivity contribution is 6.01. The minimum Gasteiger partial charge on any atom is -0.503 e. The summed E-state index contributed by atoms with van der Waals surface area (Å²) in [6, 6.07) is 6.42. The van der Waals surface area contributed by atoms with Gasteiger partial charge < -0.3 is 29.8 Å². The fraction of sp³-hybridized carbons (Fsp3) is 0.321. The molecule has 1 aliphatic heterocycles. The molecule has 1 aliphatic carbocycles. The smallest absolute Gasteiger partial charge is 0.253 e. The van der Waals surface area contributed by atoms with E-state index in [2.05, 4.69) is 34.4 Å². The highest BCUT2D eigenvalue weighted by Gasteiger charge is 2.34. The fourth-order valence-corrected chi connectivity index (χ4v) is 5.16. The largest absolute Gasteiger partial charge is 0.503 e. The SMILES string of the molecule is C=CC(=O)N1C[C@@H](n2cc(C#Cc3ccc4c(c3)nc(C)n4C3CC3)c(C(N)=O)c2NC)C/C1=C\OC. The molecular formula is C28H30N6O3. The van der Waals surface area contributed by atoms with Crippen LogP contribution in [0.25, 0.3) is 11.0 Å². The number of allylic oxidation sites excluding steroid dienone is 1. The van der Waals surface area contributed by atoms with Crippen LogP contribution in [-0.4, -0.2) is 51.5 Å². The molecule has 3 aromatic rings. The molecule has 0 unspecified atom stereocenters. The number of nitrogens with two attached hydrogens (primary N) is 1. The highest BCUT2D eigenvalue weighted by Crippen LogP contribution is 2.39. The minimum atomic E-state index is -0.577. The average Bonchev–Trinajstić information content (AvgIpc) is 3.37. The molecule has 1 aromatic carbocycles. The maximum atomic E-state index is 12.5. The second kappa shape index (κ2) is 9.54. The summed E-state index contributed by atoms with van der Waals surface area (Å²) in [6.45, 7) is 6.03. The number of aromatic nitrogens is 3. The van der Waals surface area contributed by atoms with Crippen molar-refractivity contribution < 1.29 is 14.3 Å². The zero-order valence-electron chi connectivity index (χ0n) is 21.2. The van der Waals surface area contributed by atoms with Gasteiger partial charge in [0.05, 0.1) is 41.0 Å². The van der Waals surface area contributed by atoms with E-state index in [4.69, 9.17) is 15.5 Å². The predicted octanol–water partition coefficient (Wildman–Crippen LogP) is 3.47. The van der Waals surface area contributed by atoms with Gasteiger partial charge in [0.15, 0.2) is 0 Å². The van der Waals surface area contributed by atoms with Crippen LogP contribution in [0.3, 0.4) is 0 Å². The quantitative estimate of drug-likeness (QED) is 0.307. The van der Waals surface area contributed by atoms with Gasteiger partial charge in [-0.25, -0.2) is 4.98 Å². The number of fused-ring (bicyclic) bond motifs is 1. The average molecular weight is 499 g/mol. The number of nitrogens with one attached hydrogen (secondary N) is 1. The van der Waals surface area contributed by atoms with Gasteiger partial charge in [-0.15, -0.1) is 0 Å². The number of amides is 2. The van der Waals surface area contributed by atoms with Gasteiger partial charge in [0.25, 0.3) is 5.91 Å². The van der Waals surface area contributed by atoms with Crippen LogP contribution in [0, 0.1) is 18.8 Å². The Labute approximate surface area is 215 Å². The number of carbonyl (C=O) groups excluding carboxylic acids is 2. The number of anilines is 1. The summed E-state index contributed by atoms with van der Waals surface area (Å²) >= 11 is 0. The van der Waals surface area contributed by atoms with Crippen molar-refractivity contribution in [2.24, 2.45) is 5.73 Å². The van der Waals surface area contributed by atoms with Crippen LogP contribution < -0.4 is 11.1 Å². The lowest BCUT2D eigenvalue weighted by molar-refractivity contribution is -0.123. The van der Waals surface area contributed by atoms with Crippen molar-refractivity contribution in [1.82, 2.24) is 19.0 Å². The van der Waals surface area contributed by atoms with Crippen LogP contribution in [0.5, 0.6) is 0 Å². The second-order valence-corrected chi connectivity index (χ2v) is 9.36. The first kappa shape index (κ1) is 24.3. The van der Waals surface area contributed by atoms with Crippen LogP contribution in [0.1, 0.15) is 58.7 Å². The van der Waals surface area contributed by atoms with Crippen LogP contribution >= 0.6 is 0 Å². The molecule has 2 amide bonds. The van der Waals surface area contributed by atoms with Gasteiger partial charge >= 0.3 is 0 Å². The molecule has 3 N–H and O–H groups in total. The Hall–Kier alpha value is -4.45. The zero-order valence-corrected chi connectivity index (χ0v) is 21.2. The minimum absolute atomic E-state index is 0.146. The van der Waals surface area contributed by atoms with Gasteiger partial charge in [0, 0.05) is 37.8 Å². The molecule has 37 heavy (non-hydrogen) atoms. The molecule has 9 heteroatoms. The Morgan fingerprint density at radius 1 is 1.27 bits per heavy atom. The Morgan fingerprint density at radius 3 is 2.70 bits per heavy atom. The molecule has 2 aromatic heterocycles. The van der Waals surface area contributed by atoms with Crippen LogP contribution in [0.2, 0.25) is 0 Å². The van der Waals surface area contributed by atoms with Gasteiger partial charge in [0.1, 0.15) is 17.9 Å². The first-order chi connectivity index (χ1) is 17.9. The fourth-order valence-electron chi connectivity index (χ4n) is 5.16. The number of benzene rings is 1. The summed E-state index contributed by atoms with van der Waals surface area (Å²) in [5.74, 6) is 7.11. The van der Waals surface area contributed by atoms with Crippen molar-refractivity contribution in [1.29, 1.82) is 0 Å². The Kier molecular flexibility index (Phi) is 6.25. The van der Waals surface area contributed by atoms with Gasteiger partial charge in [-0.2, -0.15) is 0 Å². The Balaban J connectivity index is 1.51. The van der Waals surface area contributed by atoms with E-state index in [0.717, 1.165) is 28.1 Å². The first-order valence-corrected chi connectivity index (χ1v) is 12.2. The zero-order chi connectivity index (χ0) is 26.3. The van der Waals surface area contributed by atoms with E-state index in [1.807, 2.05) is 29.8 Å². The second-order valence-electron chi connectivity index (χ2n) is 9.36. The number of likely N-dealkylation sites (tertiary alicyclic amines) is 1. The lowest BCUT2D eigenvalue weighted by Gasteiger charge is -2.18. The van der Waals surface area contributed by atoms with E-state index in [-0.39, 0.29) is 11.9 Å². The summed E-state index contributed by atoms with van der Waals surface area (Å²) in [6.07, 6.45) is 7.57. The molecular weight excluding hydrogens is 468 g/mol. The number of ether oxygens (including phenoxy) is 1. The van der Waals surface area contributed by atoms with Crippen molar-refractivity contribution in [2.75, 3.05) is 26.0 Å². The number of primary amides is 1. The van der Waals surface area contributed by atoms with E-state index in [1.54, 1.807) is 25.3 Å². The molecule has 0 bridgehead atoms. The summed E-state index contributed by atoms with van der Waals surface area (Å²) in [7, 11) is 3.27. The van der Waals surface area contributed by atoms with Gasteiger partial charge in [-0.1, -0.05) is 18.4 Å². The highest BCUT2D eigenvalue weighted by atomic mass is 16.5. The summed E-state index contributed by atoms with van der Waals surface area (Å²) in [4.78, 5) is 31.2. The summed E-state index contributed by atoms with van der Waals surface area (Å²) < 4.78 is 9.41. The maximum absolute atomic E-state index is 12.5. The van der Waals surface area contributed by atoms with Crippen molar-refractivity contribution in [3.8, 4) is 11.8 Å². The van der Waals surface area contributed by atoms with Crippen LogP contribution in [0.15, 0.2) is 49.0 Å². The summed E-state index contributed by atoms with van der Waals surface area (Å²) in [5, 5.41) is 3.10. The van der Waals surface area contributed by atoms with Crippen LogP contribution in [0.4, 0.5) is 5.82 Å². The van der Waals surface area contributed by atoms with Crippen molar-refractivity contribution in [3.63, 3.8) is 0 Å². The van der Waals surface area contributed by atoms with E-state index in [0.29, 0.717) is 36.0 Å². The third-order valence-corrected chi connectivity index (χ3v) is 6.91. The monoisotopic (exact) mass is 498 g/mol. The molecule has 0 spiro atoms. The lowest BCUT2D eigenvalue weighted by Crippen LogP contribution is -2.26. The normalized spacial score (nSPS) is 18.1. The van der Waals surface area contributed by atoms with E-state index < -0.39 is 5.91 Å². The molecule has 3 heterocycles. The number of rotatable bonds is 6. The maximum Gasteiger partial charge on any atom is 0.253 e. The lowest BCUT2D eigenvalue weighted by atomic mass is 10.1. The molecule has 2 fully saturated rings. The molecule has 190 valence electrons. The van der Waals surface area contributed by atoms with Crippen molar-refractivity contribution in [2.45, 2.75) is 38.3 Å². The summed E-state index contributed by atoms with van der Waals surface area (Å²) in [5.41, 5.74) is 10.2. The third-order valence-electron chi connectivity index (χ3n) is 6.91. The van der Waals surface area contributed by atoms with E-state index in [9.17, 15) is 9.59 Å². The molecule has 1 saturated carbocycles. The molecule has 9 nitrogen and oxygen atoms in total. The number of nitrogens with zero attached hydrogens (tertiary/aromatic N) is 4. The molecule has 5 rings (SSSR count). The van der Waals surface area contributed by atoms with Crippen LogP contribution in [-0.2, 0) is 9.53 Å².